The first kappa shape index (κ1) is 27.1. The number of urea groups is 1. The zero-order valence-corrected chi connectivity index (χ0v) is 21.2. The average Bonchev–Trinajstić information content (AvgIpc) is 3.17. The third-order valence-corrected chi connectivity index (χ3v) is 5.88. The molecule has 0 spiro atoms. The van der Waals surface area contributed by atoms with E-state index in [4.69, 9.17) is 9.47 Å². The fourth-order valence-electron chi connectivity index (χ4n) is 4.09. The van der Waals surface area contributed by atoms with Gasteiger partial charge in [0.1, 0.15) is 18.1 Å². The monoisotopic (exact) mass is 531 g/mol. The second-order valence-corrected chi connectivity index (χ2v) is 8.62. The largest absolute Gasteiger partial charge is 0.490 e. The van der Waals surface area contributed by atoms with Crippen LogP contribution in [0.5, 0.6) is 11.5 Å². The predicted octanol–water partition coefficient (Wildman–Crippen LogP) is 5.53. The zero-order chi connectivity index (χ0) is 27.9. The molecule has 3 aromatic carbocycles. The van der Waals surface area contributed by atoms with Crippen molar-refractivity contribution in [3.63, 3.8) is 0 Å². The molecule has 0 unspecified atom stereocenters. The first-order valence-corrected chi connectivity index (χ1v) is 12.2. The molecule has 39 heavy (non-hydrogen) atoms. The molecule has 1 aliphatic rings. The maximum absolute atomic E-state index is 14.1. The zero-order valence-electron chi connectivity index (χ0n) is 21.2. The molecule has 1 saturated heterocycles. The first-order chi connectivity index (χ1) is 18.8. The van der Waals surface area contributed by atoms with Crippen LogP contribution in [0.3, 0.4) is 0 Å². The minimum Gasteiger partial charge on any atom is -0.490 e. The van der Waals surface area contributed by atoms with E-state index in [-0.39, 0.29) is 30.1 Å². The highest BCUT2D eigenvalue weighted by atomic mass is 19.1. The number of rotatable bonds is 11. The van der Waals surface area contributed by atoms with Gasteiger partial charge in [0.2, 0.25) is 0 Å². The van der Waals surface area contributed by atoms with Crippen LogP contribution < -0.4 is 14.8 Å². The highest BCUT2D eigenvalue weighted by molar-refractivity contribution is 6.13. The van der Waals surface area contributed by atoms with Gasteiger partial charge in [-0.2, -0.15) is 0 Å². The number of nitrogens with zero attached hydrogens (tertiary/aromatic N) is 2. The van der Waals surface area contributed by atoms with Gasteiger partial charge in [0.15, 0.2) is 11.5 Å². The number of halogens is 1. The average molecular weight is 532 g/mol. The number of allylic oxidation sites excluding steroid dienone is 1. The van der Waals surface area contributed by atoms with Crippen LogP contribution in [0.1, 0.15) is 29.2 Å². The Morgan fingerprint density at radius 2 is 1.87 bits per heavy atom. The van der Waals surface area contributed by atoms with Gasteiger partial charge < -0.3 is 14.8 Å². The van der Waals surface area contributed by atoms with E-state index in [0.29, 0.717) is 41.2 Å². The van der Waals surface area contributed by atoms with Crippen molar-refractivity contribution >= 4 is 23.7 Å². The molecule has 1 heterocycles. The maximum atomic E-state index is 14.1. The summed E-state index contributed by atoms with van der Waals surface area (Å²) in [5.74, 6) is -0.258. The third-order valence-electron chi connectivity index (χ3n) is 5.88. The molecule has 0 radical (unpaired) electrons. The van der Waals surface area contributed by atoms with Crippen molar-refractivity contribution in [2.45, 2.75) is 26.5 Å². The van der Waals surface area contributed by atoms with Gasteiger partial charge in [-0.15, -0.1) is 6.58 Å². The molecular formula is C29H26FN3O6. The summed E-state index contributed by atoms with van der Waals surface area (Å²) in [6.45, 7) is 5.79. The Kier molecular flexibility index (Phi) is 8.35. The Morgan fingerprint density at radius 3 is 2.59 bits per heavy atom. The summed E-state index contributed by atoms with van der Waals surface area (Å²) in [5.41, 5.74) is 2.09. The lowest BCUT2D eigenvalue weighted by molar-refractivity contribution is -0.384. The molecule has 1 N–H and O–H groups in total. The molecule has 3 amide bonds. The Hall–Kier alpha value is -4.99. The molecular weight excluding hydrogens is 505 g/mol. The number of carbonyl (C=O) groups excluding carboxylic acids is 2. The summed E-state index contributed by atoms with van der Waals surface area (Å²) in [5, 5.41) is 13.7. The summed E-state index contributed by atoms with van der Waals surface area (Å²) in [4.78, 5) is 37.1. The summed E-state index contributed by atoms with van der Waals surface area (Å²) in [6, 6.07) is 14.9. The molecule has 10 heteroatoms. The molecule has 0 aliphatic carbocycles. The van der Waals surface area contributed by atoms with Gasteiger partial charge in [-0.25, -0.2) is 9.18 Å². The Labute approximate surface area is 224 Å². The van der Waals surface area contributed by atoms with Gasteiger partial charge in [0, 0.05) is 23.3 Å². The molecule has 0 saturated carbocycles. The van der Waals surface area contributed by atoms with Crippen molar-refractivity contribution in [2.75, 3.05) is 6.61 Å². The number of hydrogen-bond donors (Lipinski definition) is 1. The molecule has 9 nitrogen and oxygen atoms in total. The minimum absolute atomic E-state index is 0.0357. The van der Waals surface area contributed by atoms with E-state index in [2.05, 4.69) is 11.9 Å². The van der Waals surface area contributed by atoms with Gasteiger partial charge >= 0.3 is 6.03 Å². The number of carbonyl (C=O) groups is 2. The van der Waals surface area contributed by atoms with Crippen molar-refractivity contribution in [1.29, 1.82) is 0 Å². The van der Waals surface area contributed by atoms with Crippen LogP contribution in [0, 0.1) is 15.9 Å². The highest BCUT2D eigenvalue weighted by Crippen LogP contribution is 2.36. The summed E-state index contributed by atoms with van der Waals surface area (Å²) < 4.78 is 26.0. The predicted molar refractivity (Wildman–Crippen MR) is 142 cm³/mol. The second kappa shape index (κ2) is 12.0. The number of nitro groups is 1. The van der Waals surface area contributed by atoms with E-state index in [9.17, 15) is 24.1 Å². The normalized spacial score (nSPS) is 13.9. The first-order valence-electron chi connectivity index (χ1n) is 12.2. The standard InChI is InChI=1S/C29H26FN3O6/c1-3-8-21-13-20(15-25-28(34)32(29(35)31-25)17-22-10-5-6-12-24(22)30)16-26(38-4-2)27(21)39-18-19-9-7-11-23(14-19)33(36)37/h3,5-7,9-16H,1,4,8,17-18H2,2H3,(H,31,35)/b25-15+. The number of ether oxygens (including phenoxy) is 2. The molecule has 4 rings (SSSR count). The Morgan fingerprint density at radius 1 is 1.08 bits per heavy atom. The van der Waals surface area contributed by atoms with E-state index in [1.165, 1.54) is 36.4 Å². The lowest BCUT2D eigenvalue weighted by Gasteiger charge is -2.17. The van der Waals surface area contributed by atoms with Crippen molar-refractivity contribution < 1.29 is 28.4 Å². The molecule has 0 aromatic heterocycles. The van der Waals surface area contributed by atoms with Crippen LogP contribution >= 0.6 is 0 Å². The van der Waals surface area contributed by atoms with Crippen LogP contribution in [0.15, 0.2) is 79.0 Å². The second-order valence-electron chi connectivity index (χ2n) is 8.62. The number of hydrogen-bond acceptors (Lipinski definition) is 6. The van der Waals surface area contributed by atoms with Crippen molar-refractivity contribution in [3.8, 4) is 11.5 Å². The lowest BCUT2D eigenvalue weighted by Crippen LogP contribution is -2.30. The van der Waals surface area contributed by atoms with Gasteiger partial charge in [0.25, 0.3) is 11.6 Å². The van der Waals surface area contributed by atoms with E-state index >= 15 is 0 Å². The third kappa shape index (κ3) is 6.30. The van der Waals surface area contributed by atoms with E-state index in [1.807, 2.05) is 6.92 Å². The fraction of sp³-hybridized carbons (Fsp3) is 0.172. The Balaban J connectivity index is 1.62. The van der Waals surface area contributed by atoms with Crippen molar-refractivity contribution in [1.82, 2.24) is 10.2 Å². The van der Waals surface area contributed by atoms with Gasteiger partial charge in [-0.05, 0) is 48.7 Å². The van der Waals surface area contributed by atoms with Crippen LogP contribution in [-0.4, -0.2) is 28.4 Å². The number of imide groups is 1. The van der Waals surface area contributed by atoms with Crippen LogP contribution in [0.2, 0.25) is 0 Å². The molecule has 0 atom stereocenters. The van der Waals surface area contributed by atoms with Crippen LogP contribution in [0.25, 0.3) is 6.08 Å². The molecule has 0 bridgehead atoms. The van der Waals surface area contributed by atoms with Crippen molar-refractivity contribution in [3.05, 3.63) is 117 Å². The topological polar surface area (TPSA) is 111 Å². The number of nitro benzene ring substituents is 1. The fourth-order valence-corrected chi connectivity index (χ4v) is 4.09. The van der Waals surface area contributed by atoms with E-state index in [0.717, 1.165) is 4.90 Å². The van der Waals surface area contributed by atoms with Crippen LogP contribution in [-0.2, 0) is 24.4 Å². The molecule has 1 fully saturated rings. The number of benzene rings is 3. The van der Waals surface area contributed by atoms with E-state index < -0.39 is 22.7 Å². The van der Waals surface area contributed by atoms with E-state index in [1.54, 1.807) is 36.4 Å². The maximum Gasteiger partial charge on any atom is 0.329 e. The molecule has 200 valence electrons. The van der Waals surface area contributed by atoms with Crippen LogP contribution in [0.4, 0.5) is 14.9 Å². The van der Waals surface area contributed by atoms with Crippen molar-refractivity contribution in [2.24, 2.45) is 0 Å². The Bertz CT molecular complexity index is 1470. The van der Waals surface area contributed by atoms with Gasteiger partial charge in [-0.1, -0.05) is 36.4 Å². The number of non-ortho nitro benzene ring substituents is 1. The molecule has 1 aliphatic heterocycles. The van der Waals surface area contributed by atoms with Gasteiger partial charge in [-0.3, -0.25) is 19.8 Å². The number of nitrogens with one attached hydrogen (secondary N) is 1. The minimum atomic E-state index is -0.650. The highest BCUT2D eigenvalue weighted by Gasteiger charge is 2.34. The number of amides is 3. The smallest absolute Gasteiger partial charge is 0.329 e. The summed E-state index contributed by atoms with van der Waals surface area (Å²) in [7, 11) is 0. The summed E-state index contributed by atoms with van der Waals surface area (Å²) in [6.07, 6.45) is 3.60. The quantitative estimate of drug-likeness (QED) is 0.114. The summed E-state index contributed by atoms with van der Waals surface area (Å²) >= 11 is 0. The lowest BCUT2D eigenvalue weighted by atomic mass is 10.0. The SMILES string of the molecule is C=CCc1cc(/C=C2/NC(=O)N(Cc3ccccc3F)C2=O)cc(OCC)c1OCc1cccc([N+](=O)[O-])c1. The van der Waals surface area contributed by atoms with Gasteiger partial charge in [0.05, 0.1) is 18.1 Å². The molecule has 3 aromatic rings.